The normalized spacial score (nSPS) is 26.3. The van der Waals surface area contributed by atoms with Crippen molar-refractivity contribution in [2.75, 3.05) is 20.1 Å². The standard InChI is InChI=1S/C14H19N3O/c1-10-13(11-6-3-4-7-12(11)18-10)16-14-15-8-5-9-17(14)2/h3-4,6-7,10,13H,5,8-9H2,1-2H3,(H,15,16). The molecule has 0 saturated heterocycles. The Morgan fingerprint density at radius 2 is 2.22 bits per heavy atom. The van der Waals surface area contributed by atoms with E-state index in [0.29, 0.717) is 0 Å². The Morgan fingerprint density at radius 3 is 3.06 bits per heavy atom. The van der Waals surface area contributed by atoms with Gasteiger partial charge in [-0.25, -0.2) is 0 Å². The summed E-state index contributed by atoms with van der Waals surface area (Å²) in [4.78, 5) is 6.73. The first-order chi connectivity index (χ1) is 8.75. The predicted octanol–water partition coefficient (Wildman–Crippen LogP) is 1.79. The fourth-order valence-corrected chi connectivity index (χ4v) is 2.58. The van der Waals surface area contributed by atoms with Gasteiger partial charge in [0.2, 0.25) is 0 Å². The molecule has 2 heterocycles. The van der Waals surface area contributed by atoms with Gasteiger partial charge in [-0.1, -0.05) is 18.2 Å². The summed E-state index contributed by atoms with van der Waals surface area (Å²) in [7, 11) is 2.08. The molecule has 2 atom stereocenters. The number of guanidine groups is 1. The van der Waals surface area contributed by atoms with Crippen LogP contribution in [-0.4, -0.2) is 37.1 Å². The summed E-state index contributed by atoms with van der Waals surface area (Å²) >= 11 is 0. The van der Waals surface area contributed by atoms with E-state index in [1.807, 2.05) is 12.1 Å². The highest BCUT2D eigenvalue weighted by molar-refractivity contribution is 5.81. The van der Waals surface area contributed by atoms with E-state index in [2.05, 4.69) is 41.3 Å². The van der Waals surface area contributed by atoms with Crippen molar-refractivity contribution in [1.29, 1.82) is 0 Å². The van der Waals surface area contributed by atoms with Gasteiger partial charge in [0.15, 0.2) is 5.96 Å². The van der Waals surface area contributed by atoms with Crippen LogP contribution < -0.4 is 10.1 Å². The molecular weight excluding hydrogens is 226 g/mol. The zero-order valence-corrected chi connectivity index (χ0v) is 10.9. The summed E-state index contributed by atoms with van der Waals surface area (Å²) in [5.41, 5.74) is 1.23. The molecule has 0 aromatic heterocycles. The number of nitrogens with zero attached hydrogens (tertiary/aromatic N) is 2. The van der Waals surface area contributed by atoms with Crippen molar-refractivity contribution in [3.05, 3.63) is 29.8 Å². The number of hydrogen-bond donors (Lipinski definition) is 1. The first-order valence-electron chi connectivity index (χ1n) is 6.53. The van der Waals surface area contributed by atoms with Crippen molar-refractivity contribution in [3.63, 3.8) is 0 Å². The molecule has 1 aromatic rings. The lowest BCUT2D eigenvalue weighted by atomic mass is 10.0. The second-order valence-electron chi connectivity index (χ2n) is 4.96. The number of ether oxygens (including phenoxy) is 1. The van der Waals surface area contributed by atoms with Gasteiger partial charge in [-0.2, -0.15) is 0 Å². The Hall–Kier alpha value is -1.71. The van der Waals surface area contributed by atoms with Crippen LogP contribution in [-0.2, 0) is 0 Å². The van der Waals surface area contributed by atoms with Crippen LogP contribution in [0.2, 0.25) is 0 Å². The molecule has 0 fully saturated rings. The molecule has 1 N–H and O–H groups in total. The van der Waals surface area contributed by atoms with E-state index in [1.165, 1.54) is 5.56 Å². The Kier molecular flexibility index (Phi) is 2.86. The minimum Gasteiger partial charge on any atom is -0.488 e. The van der Waals surface area contributed by atoms with E-state index in [0.717, 1.165) is 31.2 Å². The highest BCUT2D eigenvalue weighted by atomic mass is 16.5. The van der Waals surface area contributed by atoms with Gasteiger partial charge < -0.3 is 15.0 Å². The average molecular weight is 245 g/mol. The highest BCUT2D eigenvalue weighted by Gasteiger charge is 2.32. The van der Waals surface area contributed by atoms with E-state index in [-0.39, 0.29) is 12.1 Å². The predicted molar refractivity (Wildman–Crippen MR) is 72.0 cm³/mol. The fraction of sp³-hybridized carbons (Fsp3) is 0.500. The van der Waals surface area contributed by atoms with Gasteiger partial charge in [0, 0.05) is 25.7 Å². The molecule has 0 bridgehead atoms. The number of benzene rings is 1. The van der Waals surface area contributed by atoms with Gasteiger partial charge in [0.1, 0.15) is 11.9 Å². The summed E-state index contributed by atoms with van der Waals surface area (Å²) in [6.07, 6.45) is 1.27. The molecule has 18 heavy (non-hydrogen) atoms. The van der Waals surface area contributed by atoms with Crippen LogP contribution in [0.3, 0.4) is 0 Å². The number of fused-ring (bicyclic) bond motifs is 1. The van der Waals surface area contributed by atoms with Crippen LogP contribution >= 0.6 is 0 Å². The van der Waals surface area contributed by atoms with Crippen molar-refractivity contribution in [1.82, 2.24) is 10.2 Å². The SMILES string of the molecule is CC1Oc2ccccc2C1NC1=NCCCN1C. The molecule has 0 spiro atoms. The molecule has 4 nitrogen and oxygen atoms in total. The lowest BCUT2D eigenvalue weighted by Gasteiger charge is -2.29. The second kappa shape index (κ2) is 4.52. The van der Waals surface area contributed by atoms with Crippen molar-refractivity contribution in [2.24, 2.45) is 4.99 Å². The topological polar surface area (TPSA) is 36.9 Å². The van der Waals surface area contributed by atoms with Crippen LogP contribution in [0.5, 0.6) is 5.75 Å². The lowest BCUT2D eigenvalue weighted by molar-refractivity contribution is 0.217. The molecule has 0 radical (unpaired) electrons. The van der Waals surface area contributed by atoms with Crippen molar-refractivity contribution in [2.45, 2.75) is 25.5 Å². The third-order valence-electron chi connectivity index (χ3n) is 3.60. The van der Waals surface area contributed by atoms with Gasteiger partial charge in [0.05, 0.1) is 6.04 Å². The molecule has 0 amide bonds. The molecule has 4 heteroatoms. The van der Waals surface area contributed by atoms with Gasteiger partial charge in [-0.15, -0.1) is 0 Å². The Balaban J connectivity index is 1.82. The van der Waals surface area contributed by atoms with Crippen LogP contribution in [0.1, 0.15) is 24.9 Å². The quantitative estimate of drug-likeness (QED) is 0.819. The number of aliphatic imine (C=N–C) groups is 1. The first kappa shape index (κ1) is 11.4. The van der Waals surface area contributed by atoms with Gasteiger partial charge in [-0.05, 0) is 19.4 Å². The van der Waals surface area contributed by atoms with Crippen LogP contribution in [0.4, 0.5) is 0 Å². The molecule has 0 saturated carbocycles. The van der Waals surface area contributed by atoms with E-state index in [9.17, 15) is 0 Å². The molecule has 2 unspecified atom stereocenters. The first-order valence-corrected chi connectivity index (χ1v) is 6.53. The van der Waals surface area contributed by atoms with E-state index in [1.54, 1.807) is 0 Å². The fourth-order valence-electron chi connectivity index (χ4n) is 2.58. The monoisotopic (exact) mass is 245 g/mol. The molecule has 2 aliphatic heterocycles. The third-order valence-corrected chi connectivity index (χ3v) is 3.60. The number of nitrogens with one attached hydrogen (secondary N) is 1. The summed E-state index contributed by atoms with van der Waals surface area (Å²) in [6, 6.07) is 8.42. The number of rotatable bonds is 1. The highest BCUT2D eigenvalue weighted by Crippen LogP contribution is 2.36. The number of para-hydroxylation sites is 1. The Morgan fingerprint density at radius 1 is 1.39 bits per heavy atom. The number of hydrogen-bond acceptors (Lipinski definition) is 4. The van der Waals surface area contributed by atoms with Crippen molar-refractivity contribution < 1.29 is 4.74 Å². The lowest BCUT2D eigenvalue weighted by Crippen LogP contribution is -2.45. The molecule has 0 aliphatic carbocycles. The maximum atomic E-state index is 5.86. The molecular formula is C14H19N3O. The minimum atomic E-state index is 0.139. The van der Waals surface area contributed by atoms with Crippen molar-refractivity contribution >= 4 is 5.96 Å². The third kappa shape index (κ3) is 1.92. The maximum absolute atomic E-state index is 5.86. The van der Waals surface area contributed by atoms with Crippen LogP contribution in [0.15, 0.2) is 29.3 Å². The van der Waals surface area contributed by atoms with Crippen LogP contribution in [0.25, 0.3) is 0 Å². The summed E-state index contributed by atoms with van der Waals surface area (Å²) < 4.78 is 5.86. The molecule has 3 rings (SSSR count). The molecule has 96 valence electrons. The average Bonchev–Trinajstić information content (AvgIpc) is 2.69. The van der Waals surface area contributed by atoms with E-state index in [4.69, 9.17) is 4.74 Å². The molecule has 2 aliphatic rings. The largest absolute Gasteiger partial charge is 0.488 e. The van der Waals surface area contributed by atoms with Crippen LogP contribution in [0, 0.1) is 0 Å². The van der Waals surface area contributed by atoms with E-state index >= 15 is 0 Å². The second-order valence-corrected chi connectivity index (χ2v) is 4.96. The summed E-state index contributed by atoms with van der Waals surface area (Å²) in [5.74, 6) is 1.97. The summed E-state index contributed by atoms with van der Waals surface area (Å²) in [5, 5.41) is 3.52. The van der Waals surface area contributed by atoms with Gasteiger partial charge in [0.25, 0.3) is 0 Å². The zero-order chi connectivity index (χ0) is 12.5. The Bertz CT molecular complexity index is 472. The smallest absolute Gasteiger partial charge is 0.194 e. The minimum absolute atomic E-state index is 0.139. The summed E-state index contributed by atoms with van der Waals surface area (Å²) in [6.45, 7) is 4.08. The molecule has 1 aromatic carbocycles. The van der Waals surface area contributed by atoms with Crippen molar-refractivity contribution in [3.8, 4) is 5.75 Å². The van der Waals surface area contributed by atoms with E-state index < -0.39 is 0 Å². The van der Waals surface area contributed by atoms with Gasteiger partial charge in [-0.3, -0.25) is 4.99 Å². The van der Waals surface area contributed by atoms with Gasteiger partial charge >= 0.3 is 0 Å². The zero-order valence-electron chi connectivity index (χ0n) is 10.9. The Labute approximate surface area is 108 Å². The maximum Gasteiger partial charge on any atom is 0.194 e.